The Labute approximate surface area is 269 Å². The summed E-state index contributed by atoms with van der Waals surface area (Å²) >= 11 is 0. The van der Waals surface area contributed by atoms with Crippen LogP contribution in [0.15, 0.2) is 12.2 Å². The minimum Gasteiger partial charge on any atom is -0.393 e. The molecule has 0 aromatic heterocycles. The first-order valence-electron chi connectivity index (χ1n) is 17.9. The number of carbonyl (C=O) groups excluding carboxylic acids is 1. The molecule has 10 heteroatoms. The summed E-state index contributed by atoms with van der Waals surface area (Å²) in [5, 5.41) is 23.9. The van der Waals surface area contributed by atoms with Crippen molar-refractivity contribution in [1.29, 1.82) is 0 Å². The molecule has 0 aromatic carbocycles. The van der Waals surface area contributed by atoms with Gasteiger partial charge in [0.1, 0.15) is 0 Å². The fourth-order valence-electron chi connectivity index (χ4n) is 5.18. The fraction of sp³-hybridized carbons (Fsp3) is 0.912. The highest BCUT2D eigenvalue weighted by molar-refractivity contribution is 7.47. The molecule has 0 fully saturated rings. The number of unbranched alkanes of at least 4 members (excludes halogenated alkanes) is 17. The first kappa shape index (κ1) is 43.2. The van der Waals surface area contributed by atoms with E-state index in [4.69, 9.17) is 14.8 Å². The molecule has 9 nitrogen and oxygen atoms in total. The molecule has 0 aliphatic rings. The van der Waals surface area contributed by atoms with E-state index >= 15 is 0 Å². The predicted octanol–water partition coefficient (Wildman–Crippen LogP) is 7.85. The van der Waals surface area contributed by atoms with E-state index in [0.717, 1.165) is 38.5 Å². The van der Waals surface area contributed by atoms with Crippen LogP contribution in [-0.2, 0) is 18.4 Å². The number of aliphatic hydroxyl groups excluding tert-OH is 2. The van der Waals surface area contributed by atoms with E-state index in [2.05, 4.69) is 31.3 Å². The van der Waals surface area contributed by atoms with Gasteiger partial charge in [0.2, 0.25) is 5.91 Å². The van der Waals surface area contributed by atoms with Crippen molar-refractivity contribution < 1.29 is 33.5 Å². The van der Waals surface area contributed by atoms with Gasteiger partial charge in [0, 0.05) is 6.54 Å². The molecule has 6 N–H and O–H groups in total. The highest BCUT2D eigenvalue weighted by atomic mass is 31.2. The highest BCUT2D eigenvalue weighted by Crippen LogP contribution is 2.43. The van der Waals surface area contributed by atoms with Crippen LogP contribution < -0.4 is 11.1 Å². The lowest BCUT2D eigenvalue weighted by molar-refractivity contribution is -0.125. The molecular formula is C34H69N2O7P. The molecule has 0 heterocycles. The molecule has 44 heavy (non-hydrogen) atoms. The van der Waals surface area contributed by atoms with Crippen molar-refractivity contribution >= 4 is 13.7 Å². The zero-order valence-corrected chi connectivity index (χ0v) is 29.2. The quantitative estimate of drug-likeness (QED) is 0.0274. The lowest BCUT2D eigenvalue weighted by atomic mass is 10.0. The van der Waals surface area contributed by atoms with E-state index in [1.165, 1.54) is 89.9 Å². The van der Waals surface area contributed by atoms with Gasteiger partial charge in [0.05, 0.1) is 37.9 Å². The van der Waals surface area contributed by atoms with Crippen molar-refractivity contribution in [2.45, 2.75) is 180 Å². The monoisotopic (exact) mass is 648 g/mol. The Kier molecular flexibility index (Phi) is 30.3. The minimum atomic E-state index is -4.36. The lowest BCUT2D eigenvalue weighted by Gasteiger charge is -2.25. The molecule has 0 aliphatic carbocycles. The topological polar surface area (TPSA) is 151 Å². The molecule has 0 aromatic rings. The maximum atomic E-state index is 12.7. The summed E-state index contributed by atoms with van der Waals surface area (Å²) in [6.07, 6.45) is 26.9. The third kappa shape index (κ3) is 28.7. The third-order valence-corrected chi connectivity index (χ3v) is 8.91. The standard InChI is InChI=1S/C34H69N2O7P/c1-3-5-7-9-11-13-15-17-19-21-23-25-31(37)29-34(39)36-32(30-43-44(40,41)42-28-27-35)33(38)26-24-22-20-18-16-14-12-10-8-6-4-2/h17,19,31-33,37-38H,3-16,18,20-30,35H2,1-2H3,(H,36,39)(H,40,41)/b19-17-. The molecule has 0 rings (SSSR count). The molecule has 0 radical (unpaired) electrons. The van der Waals surface area contributed by atoms with Crippen LogP contribution in [-0.4, -0.2) is 59.0 Å². The molecule has 4 unspecified atom stereocenters. The fourth-order valence-corrected chi connectivity index (χ4v) is 5.94. The number of hydrogen-bond donors (Lipinski definition) is 5. The van der Waals surface area contributed by atoms with E-state index in [1.54, 1.807) is 0 Å². The van der Waals surface area contributed by atoms with Crippen LogP contribution in [0.25, 0.3) is 0 Å². The summed E-state index contributed by atoms with van der Waals surface area (Å²) in [5.74, 6) is -0.432. The summed E-state index contributed by atoms with van der Waals surface area (Å²) < 4.78 is 22.0. The average molecular weight is 649 g/mol. The number of aliphatic hydroxyl groups is 2. The number of rotatable bonds is 33. The maximum absolute atomic E-state index is 12.7. The molecule has 0 bridgehead atoms. The first-order chi connectivity index (χ1) is 21.3. The Morgan fingerprint density at radius 1 is 0.750 bits per heavy atom. The first-order valence-corrected chi connectivity index (χ1v) is 19.4. The Balaban J connectivity index is 4.46. The average Bonchev–Trinajstić information content (AvgIpc) is 2.99. The number of carbonyl (C=O) groups is 1. The Hall–Kier alpha value is -0.800. The largest absolute Gasteiger partial charge is 0.472 e. The minimum absolute atomic E-state index is 0.0579. The van der Waals surface area contributed by atoms with Gasteiger partial charge in [0.25, 0.3) is 0 Å². The highest BCUT2D eigenvalue weighted by Gasteiger charge is 2.28. The number of phosphoric ester groups is 1. The zero-order valence-electron chi connectivity index (χ0n) is 28.3. The van der Waals surface area contributed by atoms with E-state index in [1.807, 2.05) is 0 Å². The molecule has 0 saturated carbocycles. The van der Waals surface area contributed by atoms with Crippen LogP contribution in [0, 0.1) is 0 Å². The van der Waals surface area contributed by atoms with Crippen molar-refractivity contribution in [3.63, 3.8) is 0 Å². The molecular weight excluding hydrogens is 579 g/mol. The van der Waals surface area contributed by atoms with Crippen LogP contribution in [0.4, 0.5) is 0 Å². The summed E-state index contributed by atoms with van der Waals surface area (Å²) in [4.78, 5) is 22.6. The van der Waals surface area contributed by atoms with Crippen molar-refractivity contribution in [1.82, 2.24) is 5.32 Å². The van der Waals surface area contributed by atoms with Gasteiger partial charge in [-0.05, 0) is 38.5 Å². The van der Waals surface area contributed by atoms with E-state index in [0.29, 0.717) is 12.8 Å². The van der Waals surface area contributed by atoms with Gasteiger partial charge >= 0.3 is 7.82 Å². The van der Waals surface area contributed by atoms with Crippen LogP contribution in [0.2, 0.25) is 0 Å². The Bertz CT molecular complexity index is 726. The van der Waals surface area contributed by atoms with Crippen molar-refractivity contribution in [2.75, 3.05) is 19.8 Å². The zero-order chi connectivity index (χ0) is 32.7. The second kappa shape index (κ2) is 30.8. The number of allylic oxidation sites excluding steroid dienone is 2. The van der Waals surface area contributed by atoms with Crippen LogP contribution >= 0.6 is 7.82 Å². The molecule has 262 valence electrons. The third-order valence-electron chi connectivity index (χ3n) is 7.92. The Morgan fingerprint density at radius 2 is 1.25 bits per heavy atom. The van der Waals surface area contributed by atoms with Crippen molar-refractivity contribution in [3.05, 3.63) is 12.2 Å². The molecule has 4 atom stereocenters. The SMILES string of the molecule is CCCCCCCC/C=C\CCCC(O)CC(=O)NC(COP(=O)(O)OCCN)C(O)CCCCCCCCCCCCC. The van der Waals surface area contributed by atoms with Gasteiger partial charge in [-0.3, -0.25) is 13.8 Å². The normalized spacial score (nSPS) is 15.3. The summed E-state index contributed by atoms with van der Waals surface area (Å²) in [6.45, 7) is 3.98. The summed E-state index contributed by atoms with van der Waals surface area (Å²) in [7, 11) is -4.36. The maximum Gasteiger partial charge on any atom is 0.472 e. The van der Waals surface area contributed by atoms with Gasteiger partial charge in [-0.25, -0.2) is 4.57 Å². The number of hydrogen-bond acceptors (Lipinski definition) is 7. The molecule has 1 amide bonds. The van der Waals surface area contributed by atoms with Gasteiger partial charge in [-0.2, -0.15) is 0 Å². The van der Waals surface area contributed by atoms with Crippen molar-refractivity contribution in [3.8, 4) is 0 Å². The smallest absolute Gasteiger partial charge is 0.393 e. The van der Waals surface area contributed by atoms with Crippen LogP contribution in [0.5, 0.6) is 0 Å². The molecule has 0 saturated heterocycles. The van der Waals surface area contributed by atoms with Gasteiger partial charge in [-0.15, -0.1) is 0 Å². The summed E-state index contributed by atoms with van der Waals surface area (Å²) in [6, 6.07) is -0.898. The van der Waals surface area contributed by atoms with E-state index < -0.39 is 32.0 Å². The number of phosphoric acid groups is 1. The van der Waals surface area contributed by atoms with Gasteiger partial charge < -0.3 is 26.2 Å². The number of amides is 1. The van der Waals surface area contributed by atoms with Gasteiger partial charge in [-0.1, -0.05) is 129 Å². The van der Waals surface area contributed by atoms with E-state index in [9.17, 15) is 24.5 Å². The predicted molar refractivity (Wildman–Crippen MR) is 181 cm³/mol. The lowest BCUT2D eigenvalue weighted by Crippen LogP contribution is -2.47. The molecule has 0 aliphatic heterocycles. The van der Waals surface area contributed by atoms with Gasteiger partial charge in [0.15, 0.2) is 0 Å². The van der Waals surface area contributed by atoms with Crippen LogP contribution in [0.3, 0.4) is 0 Å². The summed E-state index contributed by atoms with van der Waals surface area (Å²) in [5.41, 5.74) is 5.33. The molecule has 0 spiro atoms. The number of nitrogens with one attached hydrogen (secondary N) is 1. The van der Waals surface area contributed by atoms with E-state index in [-0.39, 0.29) is 26.2 Å². The second-order valence-corrected chi connectivity index (χ2v) is 13.7. The number of nitrogens with two attached hydrogens (primary N) is 1. The second-order valence-electron chi connectivity index (χ2n) is 12.3. The Morgan fingerprint density at radius 3 is 1.80 bits per heavy atom. The van der Waals surface area contributed by atoms with Crippen LogP contribution in [0.1, 0.15) is 162 Å². The van der Waals surface area contributed by atoms with Crippen molar-refractivity contribution in [2.24, 2.45) is 5.73 Å².